The number of aliphatic hydroxyl groups excluding tert-OH is 1. The number of carbonyl (C=O) groups excluding carboxylic acids is 1. The number of hydrogen-bond acceptors (Lipinski definition) is 2. The molecule has 0 saturated carbocycles. The molecule has 186 valence electrons. The van der Waals surface area contributed by atoms with Gasteiger partial charge in [-0.1, -0.05) is 135 Å². The molecule has 0 bridgehead atoms. The Hall–Kier alpha value is -0.570. The van der Waals surface area contributed by atoms with Crippen LogP contribution in [0, 0.1) is 0 Å². The molecule has 0 fully saturated rings. The van der Waals surface area contributed by atoms with Crippen molar-refractivity contribution in [3.05, 3.63) is 0 Å². The van der Waals surface area contributed by atoms with E-state index in [1.807, 2.05) is 0 Å². The number of rotatable bonds is 26. The highest BCUT2D eigenvalue weighted by Crippen LogP contribution is 2.14. The minimum Gasteiger partial charge on any atom is -0.396 e. The van der Waals surface area contributed by atoms with Crippen LogP contribution in [0.3, 0.4) is 0 Å². The van der Waals surface area contributed by atoms with Crippen molar-refractivity contribution in [2.24, 2.45) is 0 Å². The van der Waals surface area contributed by atoms with Gasteiger partial charge in [-0.3, -0.25) is 4.79 Å². The lowest BCUT2D eigenvalue weighted by Gasteiger charge is -2.05. The molecule has 0 atom stereocenters. The minimum atomic E-state index is 0.255. The van der Waals surface area contributed by atoms with Crippen LogP contribution in [0.1, 0.15) is 161 Å². The fourth-order valence-corrected chi connectivity index (χ4v) is 4.27. The highest BCUT2D eigenvalue weighted by molar-refractivity contribution is 5.75. The molecule has 3 heteroatoms. The third-order valence-corrected chi connectivity index (χ3v) is 6.41. The van der Waals surface area contributed by atoms with Crippen molar-refractivity contribution in [1.29, 1.82) is 0 Å². The average molecular weight is 440 g/mol. The average Bonchev–Trinajstić information content (AvgIpc) is 2.77. The Morgan fingerprint density at radius 3 is 1.26 bits per heavy atom. The van der Waals surface area contributed by atoms with E-state index < -0.39 is 0 Å². The van der Waals surface area contributed by atoms with Crippen molar-refractivity contribution in [2.45, 2.75) is 161 Å². The molecule has 31 heavy (non-hydrogen) atoms. The van der Waals surface area contributed by atoms with E-state index in [-0.39, 0.29) is 5.91 Å². The van der Waals surface area contributed by atoms with E-state index in [2.05, 4.69) is 12.2 Å². The molecule has 0 aliphatic heterocycles. The Balaban J connectivity index is 3.08. The van der Waals surface area contributed by atoms with Crippen molar-refractivity contribution in [2.75, 3.05) is 13.2 Å². The predicted octanol–water partition coefficient (Wildman–Crippen LogP) is 8.48. The number of nitrogens with one attached hydrogen (secondary N) is 1. The van der Waals surface area contributed by atoms with Gasteiger partial charge in [-0.2, -0.15) is 0 Å². The molecule has 0 aliphatic rings. The Bertz CT molecular complexity index is 346. The van der Waals surface area contributed by atoms with E-state index in [1.165, 1.54) is 128 Å². The summed E-state index contributed by atoms with van der Waals surface area (Å²) in [5.74, 6) is 0.255. The largest absolute Gasteiger partial charge is 0.396 e. The van der Waals surface area contributed by atoms with Crippen LogP contribution in [0.5, 0.6) is 0 Å². The number of aliphatic hydroxyl groups is 1. The molecular weight excluding hydrogens is 382 g/mol. The first-order valence-corrected chi connectivity index (χ1v) is 14.2. The van der Waals surface area contributed by atoms with Gasteiger partial charge in [0.1, 0.15) is 0 Å². The number of hydrogen-bond donors (Lipinski definition) is 2. The molecule has 0 rings (SSSR count). The summed E-state index contributed by atoms with van der Waals surface area (Å²) in [5.41, 5.74) is 0. The molecule has 0 aromatic carbocycles. The first-order chi connectivity index (χ1) is 15.3. The molecule has 0 aromatic rings. The summed E-state index contributed by atoms with van der Waals surface area (Å²) >= 11 is 0. The lowest BCUT2D eigenvalue weighted by atomic mass is 10.0. The van der Waals surface area contributed by atoms with Gasteiger partial charge < -0.3 is 10.4 Å². The molecular formula is C28H57NO2. The maximum absolute atomic E-state index is 11.7. The third-order valence-electron chi connectivity index (χ3n) is 6.41. The molecule has 2 N–H and O–H groups in total. The van der Waals surface area contributed by atoms with Crippen molar-refractivity contribution >= 4 is 5.91 Å². The first-order valence-electron chi connectivity index (χ1n) is 14.2. The summed E-state index contributed by atoms with van der Waals surface area (Å²) in [6, 6.07) is 0. The Kier molecular flexibility index (Phi) is 27.0. The SMILES string of the molecule is CCCCCCNC(=O)CCCCCCCCCCCCCCCCCCCCCO. The van der Waals surface area contributed by atoms with E-state index in [1.54, 1.807) is 0 Å². The van der Waals surface area contributed by atoms with Crippen molar-refractivity contribution in [3.63, 3.8) is 0 Å². The number of unbranched alkanes of at least 4 members (excludes halogenated alkanes) is 21. The van der Waals surface area contributed by atoms with Crippen LogP contribution in [0.4, 0.5) is 0 Å². The maximum Gasteiger partial charge on any atom is 0.219 e. The molecule has 0 unspecified atom stereocenters. The van der Waals surface area contributed by atoms with Crippen molar-refractivity contribution in [1.82, 2.24) is 5.32 Å². The van der Waals surface area contributed by atoms with Gasteiger partial charge in [-0.25, -0.2) is 0 Å². The zero-order valence-electron chi connectivity index (χ0n) is 21.2. The summed E-state index contributed by atoms with van der Waals surface area (Å²) in [4.78, 5) is 11.7. The number of carbonyl (C=O) groups is 1. The highest BCUT2D eigenvalue weighted by Gasteiger charge is 2.00. The molecule has 0 radical (unpaired) electrons. The lowest BCUT2D eigenvalue weighted by Crippen LogP contribution is -2.23. The van der Waals surface area contributed by atoms with Gasteiger partial charge in [0.2, 0.25) is 5.91 Å². The summed E-state index contributed by atoms with van der Waals surface area (Å²) in [5, 5.41) is 11.8. The van der Waals surface area contributed by atoms with Crippen LogP contribution in [-0.2, 0) is 4.79 Å². The molecule has 0 aromatic heterocycles. The second kappa shape index (κ2) is 27.5. The molecule has 1 amide bonds. The minimum absolute atomic E-state index is 0.255. The maximum atomic E-state index is 11.7. The molecule has 0 heterocycles. The lowest BCUT2D eigenvalue weighted by molar-refractivity contribution is -0.121. The molecule has 0 aliphatic carbocycles. The van der Waals surface area contributed by atoms with Crippen LogP contribution in [-0.4, -0.2) is 24.2 Å². The summed E-state index contributed by atoms with van der Waals surface area (Å²) in [6.07, 6.45) is 30.9. The predicted molar refractivity (Wildman–Crippen MR) is 137 cm³/mol. The first kappa shape index (κ1) is 30.4. The monoisotopic (exact) mass is 439 g/mol. The summed E-state index contributed by atoms with van der Waals surface area (Å²) in [6.45, 7) is 3.44. The second-order valence-corrected chi connectivity index (χ2v) is 9.60. The van der Waals surface area contributed by atoms with E-state index >= 15 is 0 Å². The van der Waals surface area contributed by atoms with Crippen LogP contribution in [0.25, 0.3) is 0 Å². The van der Waals surface area contributed by atoms with Gasteiger partial charge in [0.25, 0.3) is 0 Å². The number of amides is 1. The zero-order chi connectivity index (χ0) is 22.7. The molecule has 0 spiro atoms. The topological polar surface area (TPSA) is 49.3 Å². The Morgan fingerprint density at radius 1 is 0.516 bits per heavy atom. The quantitative estimate of drug-likeness (QED) is 0.133. The summed E-state index contributed by atoms with van der Waals surface area (Å²) < 4.78 is 0. The van der Waals surface area contributed by atoms with Crippen molar-refractivity contribution in [3.8, 4) is 0 Å². The van der Waals surface area contributed by atoms with Gasteiger partial charge in [-0.15, -0.1) is 0 Å². The van der Waals surface area contributed by atoms with E-state index in [9.17, 15) is 4.79 Å². The van der Waals surface area contributed by atoms with Gasteiger partial charge in [-0.05, 0) is 19.3 Å². The second-order valence-electron chi connectivity index (χ2n) is 9.60. The third kappa shape index (κ3) is 27.4. The molecule has 3 nitrogen and oxygen atoms in total. The van der Waals surface area contributed by atoms with Crippen LogP contribution in [0.15, 0.2) is 0 Å². The van der Waals surface area contributed by atoms with Crippen molar-refractivity contribution < 1.29 is 9.90 Å². The zero-order valence-corrected chi connectivity index (χ0v) is 21.2. The molecule has 0 saturated heterocycles. The van der Waals surface area contributed by atoms with E-state index in [4.69, 9.17) is 5.11 Å². The normalized spacial score (nSPS) is 11.2. The van der Waals surface area contributed by atoms with Gasteiger partial charge in [0.05, 0.1) is 0 Å². The van der Waals surface area contributed by atoms with E-state index in [0.29, 0.717) is 6.61 Å². The Morgan fingerprint density at radius 2 is 0.871 bits per heavy atom. The fraction of sp³-hybridized carbons (Fsp3) is 0.964. The highest BCUT2D eigenvalue weighted by atomic mass is 16.2. The Labute approximate surface area is 195 Å². The van der Waals surface area contributed by atoms with Crippen LogP contribution >= 0.6 is 0 Å². The summed E-state index contributed by atoms with van der Waals surface area (Å²) in [7, 11) is 0. The van der Waals surface area contributed by atoms with Crippen LogP contribution in [0.2, 0.25) is 0 Å². The fourth-order valence-electron chi connectivity index (χ4n) is 4.27. The van der Waals surface area contributed by atoms with Gasteiger partial charge in [0, 0.05) is 19.6 Å². The van der Waals surface area contributed by atoms with Gasteiger partial charge >= 0.3 is 0 Å². The van der Waals surface area contributed by atoms with Gasteiger partial charge in [0.15, 0.2) is 0 Å². The van der Waals surface area contributed by atoms with Crippen LogP contribution < -0.4 is 5.32 Å². The van der Waals surface area contributed by atoms with E-state index in [0.717, 1.165) is 32.2 Å². The smallest absolute Gasteiger partial charge is 0.219 e. The standard InChI is InChI=1S/C28H57NO2/c1-2-3-4-23-26-29-28(31)25-22-20-18-16-14-12-10-8-6-5-7-9-11-13-15-17-19-21-24-27-30/h30H,2-27H2,1H3,(H,29,31).